The lowest BCUT2D eigenvalue weighted by Gasteiger charge is -2.02. The van der Waals surface area contributed by atoms with Gasteiger partial charge >= 0.3 is 0 Å². The molecule has 246 valence electrons. The maximum absolute atomic E-state index is 5.29. The van der Waals surface area contributed by atoms with Crippen LogP contribution in [0.4, 0.5) is 0 Å². The van der Waals surface area contributed by atoms with Gasteiger partial charge < -0.3 is 5.73 Å². The first-order valence-electron chi connectivity index (χ1n) is 16.6. The molecule has 1 heteroatoms. The zero-order chi connectivity index (χ0) is 34.4. The summed E-state index contributed by atoms with van der Waals surface area (Å²) in [5, 5.41) is 0. The number of aryl methyl sites for hydroxylation is 4. The third-order valence-corrected chi connectivity index (χ3v) is 5.32. The van der Waals surface area contributed by atoms with Gasteiger partial charge in [-0.2, -0.15) is 0 Å². The van der Waals surface area contributed by atoms with E-state index in [9.17, 15) is 0 Å². The number of benzene rings is 2. The topological polar surface area (TPSA) is 26.0 Å². The molecule has 2 aromatic rings. The minimum absolute atomic E-state index is 0.384. The molecule has 2 N–H and O–H groups in total. The molecule has 0 aliphatic carbocycles. The van der Waals surface area contributed by atoms with Crippen LogP contribution >= 0.6 is 0 Å². The molecule has 1 atom stereocenters. The maximum atomic E-state index is 5.29. The second-order valence-corrected chi connectivity index (χ2v) is 10.1. The van der Waals surface area contributed by atoms with Crippen LogP contribution in [-0.4, -0.2) is 6.04 Å². The second-order valence-electron chi connectivity index (χ2n) is 10.1. The average Bonchev–Trinajstić information content (AvgIpc) is 3.01. The largest absolute Gasteiger partial charge is 0.328 e. The highest BCUT2D eigenvalue weighted by Gasteiger charge is 1.93. The molecule has 0 saturated heterocycles. The molecule has 42 heavy (non-hydrogen) atoms. The Morgan fingerprint density at radius 2 is 1.14 bits per heavy atom. The highest BCUT2D eigenvalue weighted by molar-refractivity contribution is 5.30. The first kappa shape index (κ1) is 52.3. The van der Waals surface area contributed by atoms with Crippen LogP contribution in [0.2, 0.25) is 0 Å². The number of rotatable bonds is 6. The van der Waals surface area contributed by atoms with E-state index in [-0.39, 0.29) is 0 Å². The number of hydrogen-bond acceptors (Lipinski definition) is 1. The van der Waals surface area contributed by atoms with E-state index in [2.05, 4.69) is 144 Å². The Morgan fingerprint density at radius 1 is 0.738 bits per heavy atom. The van der Waals surface area contributed by atoms with Crippen LogP contribution in [0.5, 0.6) is 0 Å². The van der Waals surface area contributed by atoms with Gasteiger partial charge in [0.15, 0.2) is 0 Å². The predicted octanol–water partition coefficient (Wildman–Crippen LogP) is 13.8. The van der Waals surface area contributed by atoms with Gasteiger partial charge in [0.25, 0.3) is 0 Å². The van der Waals surface area contributed by atoms with Crippen LogP contribution in [0.15, 0.2) is 85.5 Å². The number of allylic oxidation sites excluding steroid dienone is 3. The normalized spacial score (nSPS) is 8.86. The van der Waals surface area contributed by atoms with E-state index in [1.54, 1.807) is 0 Å². The minimum Gasteiger partial charge on any atom is -0.328 e. The van der Waals surface area contributed by atoms with Crippen molar-refractivity contribution in [3.05, 3.63) is 108 Å². The Morgan fingerprint density at radius 3 is 1.33 bits per heavy atom. The summed E-state index contributed by atoms with van der Waals surface area (Å²) in [7, 11) is 0. The summed E-state index contributed by atoms with van der Waals surface area (Å²) in [6.45, 7) is 41.3. The van der Waals surface area contributed by atoms with Crippen molar-refractivity contribution in [1.82, 2.24) is 0 Å². The molecule has 0 aliphatic rings. The van der Waals surface area contributed by atoms with Gasteiger partial charge in [0, 0.05) is 6.04 Å². The lowest BCUT2D eigenvalue weighted by Crippen LogP contribution is -2.11. The molecule has 0 bridgehead atoms. The summed E-state index contributed by atoms with van der Waals surface area (Å²) in [5.41, 5.74) is 13.4. The molecular weight excluding hydrogens is 506 g/mol. The molecule has 0 heterocycles. The van der Waals surface area contributed by atoms with E-state index in [1.165, 1.54) is 53.5 Å². The fourth-order valence-electron chi connectivity index (χ4n) is 2.39. The third kappa shape index (κ3) is 53.8. The van der Waals surface area contributed by atoms with Gasteiger partial charge in [0.2, 0.25) is 0 Å². The van der Waals surface area contributed by atoms with Gasteiger partial charge in [0.05, 0.1) is 0 Å². The Bertz CT molecular complexity index is 772. The zero-order valence-electron chi connectivity index (χ0n) is 31.4. The van der Waals surface area contributed by atoms with Gasteiger partial charge in [-0.3, -0.25) is 0 Å². The van der Waals surface area contributed by atoms with E-state index in [0.29, 0.717) is 6.04 Å². The van der Waals surface area contributed by atoms with Crippen molar-refractivity contribution in [3.8, 4) is 0 Å². The van der Waals surface area contributed by atoms with E-state index >= 15 is 0 Å². The van der Waals surface area contributed by atoms with E-state index in [1.807, 2.05) is 33.8 Å². The quantitative estimate of drug-likeness (QED) is 0.265. The molecule has 0 aliphatic heterocycles. The number of hydrogen-bond donors (Lipinski definition) is 1. The molecule has 1 nitrogen and oxygen atoms in total. The van der Waals surface area contributed by atoms with Crippen molar-refractivity contribution in [3.63, 3.8) is 0 Å². The Hall–Kier alpha value is -2.38. The number of unbranched alkanes of at least 4 members (excludes halogenated alkanes) is 2. The van der Waals surface area contributed by atoms with Crippen LogP contribution in [-0.2, 0) is 12.8 Å². The molecule has 0 aromatic heterocycles. The Labute approximate surface area is 267 Å². The van der Waals surface area contributed by atoms with Gasteiger partial charge in [0.1, 0.15) is 0 Å². The molecule has 2 rings (SSSR count). The lowest BCUT2D eigenvalue weighted by molar-refractivity contribution is 0.715. The van der Waals surface area contributed by atoms with Crippen molar-refractivity contribution < 1.29 is 0 Å². The summed E-state index contributed by atoms with van der Waals surface area (Å²) < 4.78 is 0. The third-order valence-electron chi connectivity index (χ3n) is 5.32. The van der Waals surface area contributed by atoms with Crippen LogP contribution in [0.1, 0.15) is 144 Å². The molecule has 1 unspecified atom stereocenters. The molecule has 0 spiro atoms. The summed E-state index contributed by atoms with van der Waals surface area (Å²) in [5.74, 6) is 0. The Balaban J connectivity index is -0.0000000932. The van der Waals surface area contributed by atoms with Gasteiger partial charge in [-0.1, -0.05) is 166 Å². The van der Waals surface area contributed by atoms with Gasteiger partial charge in [-0.05, 0) is 77.5 Å². The second kappa shape index (κ2) is 45.6. The van der Waals surface area contributed by atoms with Crippen molar-refractivity contribution in [2.45, 2.75) is 155 Å². The number of nitrogens with two attached hydrogens (primary N) is 1. The van der Waals surface area contributed by atoms with E-state index < -0.39 is 0 Å². The monoisotopic (exact) mass is 584 g/mol. The zero-order valence-corrected chi connectivity index (χ0v) is 31.4. The van der Waals surface area contributed by atoms with Crippen LogP contribution in [0.3, 0.4) is 0 Å². The van der Waals surface area contributed by atoms with Crippen LogP contribution in [0.25, 0.3) is 0 Å². The van der Waals surface area contributed by atoms with Crippen LogP contribution < -0.4 is 5.73 Å². The molecule has 0 radical (unpaired) electrons. The van der Waals surface area contributed by atoms with E-state index in [0.717, 1.165) is 24.8 Å². The molecular formula is C41H77N. The molecule has 0 saturated carbocycles. The molecule has 0 amide bonds. The van der Waals surface area contributed by atoms with Crippen molar-refractivity contribution in [1.29, 1.82) is 0 Å². The standard InChI is InChI=1S/C10H14.C8H10.C7H12.C4H11N.2C4H10.C2H6.C2H4/c1-4-10-7-8(2)5-6-9(10)3;1-2-8-6-4-3-5-7-8;1-6(2)5-7(3)4;1-3-4(2)5;2*1-3-4-2;2*1-2/h5-7H,4H2,1-3H3;3-7H,2H2,1H3;5H,1H2,2-4H3;4H,3,5H2,1-2H3;2*3-4H2,1-2H3;1-2H3;1-2H2. The van der Waals surface area contributed by atoms with Crippen LogP contribution in [0, 0.1) is 13.8 Å². The fraction of sp³-hybridized carbons (Fsp3) is 0.561. The van der Waals surface area contributed by atoms with Crippen molar-refractivity contribution in [2.75, 3.05) is 0 Å². The SMILES string of the molecule is C=C.C=C(C)C=C(C)C.CC.CCC(C)N.CCCC.CCCC.CCc1cc(C)ccc1C.CCc1ccccc1. The van der Waals surface area contributed by atoms with E-state index in [4.69, 9.17) is 5.73 Å². The Kier molecular flexibility index (Phi) is 56.8. The van der Waals surface area contributed by atoms with Crippen molar-refractivity contribution >= 4 is 0 Å². The summed E-state index contributed by atoms with van der Waals surface area (Å²) in [4.78, 5) is 0. The summed E-state index contributed by atoms with van der Waals surface area (Å²) in [6, 6.07) is 17.4. The summed E-state index contributed by atoms with van der Waals surface area (Å²) in [6.07, 6.45) is 10.7. The molecule has 2 aromatic carbocycles. The highest BCUT2D eigenvalue weighted by Crippen LogP contribution is 2.10. The minimum atomic E-state index is 0.384. The van der Waals surface area contributed by atoms with Gasteiger partial charge in [-0.15, -0.1) is 13.2 Å². The smallest absolute Gasteiger partial charge is 0.000781 e. The molecule has 0 fully saturated rings. The fourth-order valence-corrected chi connectivity index (χ4v) is 2.39. The highest BCUT2D eigenvalue weighted by atomic mass is 14.6. The lowest BCUT2D eigenvalue weighted by atomic mass is 10.0. The van der Waals surface area contributed by atoms with Gasteiger partial charge in [-0.25, -0.2) is 0 Å². The first-order valence-corrected chi connectivity index (χ1v) is 16.6. The van der Waals surface area contributed by atoms with Crippen molar-refractivity contribution in [2.24, 2.45) is 5.73 Å². The maximum Gasteiger partial charge on any atom is 0.000781 e. The summed E-state index contributed by atoms with van der Waals surface area (Å²) >= 11 is 0. The first-order chi connectivity index (χ1) is 19.9. The average molecular weight is 584 g/mol. The predicted molar refractivity (Wildman–Crippen MR) is 203 cm³/mol.